The fourth-order valence-electron chi connectivity index (χ4n) is 2.54. The minimum Gasteiger partial charge on any atom is -1.00 e. The number of benzene rings is 2. The molecule has 2 aromatic rings. The van der Waals surface area contributed by atoms with Crippen LogP contribution in [-0.4, -0.2) is 49.4 Å². The van der Waals surface area contributed by atoms with E-state index in [1.807, 2.05) is 12.1 Å². The molecular weight excluding hydrogens is 308 g/mol. The molecule has 2 rings (SSSR count). The number of anilines is 2. The van der Waals surface area contributed by atoms with Crippen LogP contribution in [0, 0.1) is 0 Å². The highest BCUT2D eigenvalue weighted by Crippen LogP contribution is 2.26. The van der Waals surface area contributed by atoms with E-state index in [0.29, 0.717) is 6.04 Å². The summed E-state index contributed by atoms with van der Waals surface area (Å²) in [5.41, 5.74) is 2.40. The number of aliphatic hydroxyl groups is 1. The molecule has 0 aliphatic heterocycles. The lowest BCUT2D eigenvalue weighted by Gasteiger charge is -2.39. The number of para-hydroxylation sites is 2. The second-order valence-electron chi connectivity index (χ2n) is 6.36. The predicted molar refractivity (Wildman–Crippen MR) is 93.4 cm³/mol. The number of hydrogen-bond acceptors (Lipinski definition) is 2. The number of rotatable bonds is 7. The van der Waals surface area contributed by atoms with Crippen LogP contribution in [0.1, 0.15) is 6.92 Å². The van der Waals surface area contributed by atoms with Crippen molar-refractivity contribution in [1.29, 1.82) is 0 Å². The number of nitrogens with zero attached hydrogens (tertiary/aromatic N) is 2. The van der Waals surface area contributed by atoms with Gasteiger partial charge in [0.05, 0.1) is 27.2 Å². The molecule has 1 unspecified atom stereocenters. The first-order chi connectivity index (χ1) is 10.5. The average molecular weight is 335 g/mol. The summed E-state index contributed by atoms with van der Waals surface area (Å²) in [6, 6.07) is 21.4. The number of quaternary nitrogens is 1. The van der Waals surface area contributed by atoms with E-state index in [0.717, 1.165) is 17.6 Å². The molecule has 0 aromatic heterocycles. The molecule has 0 spiro atoms. The summed E-state index contributed by atoms with van der Waals surface area (Å²) in [5, 5.41) is 9.29. The molecule has 3 nitrogen and oxygen atoms in total. The summed E-state index contributed by atoms with van der Waals surface area (Å²) in [5.74, 6) is 0. The molecular formula is C19H27ClN2O. The number of halogens is 1. The van der Waals surface area contributed by atoms with E-state index >= 15 is 0 Å². The third-order valence-electron chi connectivity index (χ3n) is 4.45. The Hall–Kier alpha value is -1.55. The van der Waals surface area contributed by atoms with Crippen LogP contribution in [0.15, 0.2) is 60.7 Å². The van der Waals surface area contributed by atoms with Crippen molar-refractivity contribution in [1.82, 2.24) is 0 Å². The molecule has 0 saturated carbocycles. The Kier molecular flexibility index (Phi) is 7.56. The van der Waals surface area contributed by atoms with Crippen LogP contribution in [0.5, 0.6) is 0 Å². The molecule has 0 amide bonds. The Morgan fingerprint density at radius 2 is 1.35 bits per heavy atom. The predicted octanol–water partition coefficient (Wildman–Crippen LogP) is 0.286. The van der Waals surface area contributed by atoms with Crippen molar-refractivity contribution in [2.75, 3.05) is 38.7 Å². The van der Waals surface area contributed by atoms with Gasteiger partial charge in [-0.25, -0.2) is 0 Å². The van der Waals surface area contributed by atoms with E-state index in [1.165, 1.54) is 11.4 Å². The number of hydrogen-bond donors (Lipinski definition) is 1. The van der Waals surface area contributed by atoms with Gasteiger partial charge in [0, 0.05) is 11.4 Å². The fourth-order valence-corrected chi connectivity index (χ4v) is 2.54. The van der Waals surface area contributed by atoms with E-state index in [1.54, 1.807) is 0 Å². The van der Waals surface area contributed by atoms with Crippen molar-refractivity contribution in [3.05, 3.63) is 60.7 Å². The molecule has 23 heavy (non-hydrogen) atoms. The Morgan fingerprint density at radius 1 is 0.913 bits per heavy atom. The molecule has 0 heterocycles. The zero-order valence-electron chi connectivity index (χ0n) is 14.2. The molecule has 0 bridgehead atoms. The zero-order valence-corrected chi connectivity index (χ0v) is 14.9. The van der Waals surface area contributed by atoms with Gasteiger partial charge in [-0.15, -0.1) is 0 Å². The Labute approximate surface area is 146 Å². The maximum Gasteiger partial charge on any atom is 0.104 e. The highest BCUT2D eigenvalue weighted by molar-refractivity contribution is 5.62. The lowest BCUT2D eigenvalue weighted by atomic mass is 10.1. The molecule has 0 fully saturated rings. The van der Waals surface area contributed by atoms with Crippen molar-refractivity contribution in [2.24, 2.45) is 0 Å². The first-order valence-electron chi connectivity index (χ1n) is 7.86. The van der Waals surface area contributed by atoms with Gasteiger partial charge in [0.25, 0.3) is 0 Å². The van der Waals surface area contributed by atoms with Gasteiger partial charge >= 0.3 is 0 Å². The van der Waals surface area contributed by atoms with Gasteiger partial charge in [-0.05, 0) is 31.2 Å². The lowest BCUT2D eigenvalue weighted by Crippen LogP contribution is -3.00. The highest BCUT2D eigenvalue weighted by Gasteiger charge is 2.26. The molecule has 0 aliphatic carbocycles. The van der Waals surface area contributed by atoms with Crippen LogP contribution in [0.2, 0.25) is 0 Å². The summed E-state index contributed by atoms with van der Waals surface area (Å²) in [6.07, 6.45) is 0. The van der Waals surface area contributed by atoms with Crippen LogP contribution in [0.25, 0.3) is 0 Å². The van der Waals surface area contributed by atoms with Crippen LogP contribution in [0.4, 0.5) is 11.4 Å². The van der Waals surface area contributed by atoms with E-state index in [9.17, 15) is 5.11 Å². The van der Waals surface area contributed by atoms with E-state index < -0.39 is 0 Å². The SMILES string of the molecule is CC(CN(c1ccccc1)c1ccccc1)[N+](C)(C)CCO.[Cl-]. The van der Waals surface area contributed by atoms with Gasteiger partial charge in [-0.1, -0.05) is 36.4 Å². The Bertz CT molecular complexity index is 521. The van der Waals surface area contributed by atoms with Crippen LogP contribution in [-0.2, 0) is 0 Å². The first-order valence-corrected chi connectivity index (χ1v) is 7.86. The van der Waals surface area contributed by atoms with Crippen LogP contribution < -0.4 is 17.3 Å². The molecule has 2 aromatic carbocycles. The van der Waals surface area contributed by atoms with E-state index in [-0.39, 0.29) is 19.0 Å². The van der Waals surface area contributed by atoms with Gasteiger partial charge in [-0.3, -0.25) is 0 Å². The van der Waals surface area contributed by atoms with Crippen molar-refractivity contribution >= 4 is 11.4 Å². The standard InChI is InChI=1S/C19H27N2O.ClH/c1-17(21(2,3)14-15-22)16-20(18-10-6-4-7-11-18)19-12-8-5-9-13-19;/h4-13,17,22H,14-16H2,1-3H3;1H/q+1;/p-1. The van der Waals surface area contributed by atoms with Gasteiger partial charge in [0.15, 0.2) is 0 Å². The average Bonchev–Trinajstić information content (AvgIpc) is 2.54. The third-order valence-corrected chi connectivity index (χ3v) is 4.45. The maximum absolute atomic E-state index is 9.29. The van der Waals surface area contributed by atoms with Gasteiger partial charge in [0.1, 0.15) is 12.6 Å². The second-order valence-corrected chi connectivity index (χ2v) is 6.36. The third kappa shape index (κ3) is 5.24. The molecule has 0 saturated heterocycles. The number of likely N-dealkylation sites (N-methyl/N-ethyl adjacent to an activating group) is 1. The first kappa shape index (κ1) is 19.5. The quantitative estimate of drug-likeness (QED) is 0.736. The smallest absolute Gasteiger partial charge is 0.104 e. The molecule has 1 N–H and O–H groups in total. The topological polar surface area (TPSA) is 23.5 Å². The van der Waals surface area contributed by atoms with Crippen molar-refractivity contribution in [3.8, 4) is 0 Å². The summed E-state index contributed by atoms with van der Waals surface area (Å²) in [4.78, 5) is 2.35. The van der Waals surface area contributed by atoms with Gasteiger partial charge in [-0.2, -0.15) is 0 Å². The summed E-state index contributed by atoms with van der Waals surface area (Å²) in [6.45, 7) is 4.13. The van der Waals surface area contributed by atoms with E-state index in [4.69, 9.17) is 0 Å². The van der Waals surface area contributed by atoms with Crippen LogP contribution >= 0.6 is 0 Å². The molecule has 1 atom stereocenters. The molecule has 0 aliphatic rings. The maximum atomic E-state index is 9.29. The summed E-state index contributed by atoms with van der Waals surface area (Å²) < 4.78 is 0.798. The summed E-state index contributed by atoms with van der Waals surface area (Å²) >= 11 is 0. The minimum absolute atomic E-state index is 0. The van der Waals surface area contributed by atoms with Gasteiger partial charge < -0.3 is 26.9 Å². The minimum atomic E-state index is 0. The lowest BCUT2D eigenvalue weighted by molar-refractivity contribution is -0.911. The second kappa shape index (κ2) is 8.92. The van der Waals surface area contributed by atoms with Gasteiger partial charge in [0.2, 0.25) is 0 Å². The molecule has 0 radical (unpaired) electrons. The summed E-state index contributed by atoms with van der Waals surface area (Å²) in [7, 11) is 4.35. The van der Waals surface area contributed by atoms with Crippen LogP contribution in [0.3, 0.4) is 0 Å². The molecule has 4 heteroatoms. The molecule has 126 valence electrons. The number of aliphatic hydroxyl groups excluding tert-OH is 1. The zero-order chi connectivity index (χ0) is 16.0. The highest BCUT2D eigenvalue weighted by atomic mass is 35.5. The fraction of sp³-hybridized carbons (Fsp3) is 0.368. The Morgan fingerprint density at radius 3 is 1.74 bits per heavy atom. The van der Waals surface area contributed by atoms with Crippen molar-refractivity contribution < 1.29 is 22.0 Å². The normalized spacial score (nSPS) is 12.3. The van der Waals surface area contributed by atoms with Crippen molar-refractivity contribution in [3.63, 3.8) is 0 Å². The van der Waals surface area contributed by atoms with E-state index in [2.05, 4.69) is 74.4 Å². The largest absolute Gasteiger partial charge is 1.00 e. The Balaban J connectivity index is 0.00000264. The van der Waals surface area contributed by atoms with Crippen molar-refractivity contribution in [2.45, 2.75) is 13.0 Å². The monoisotopic (exact) mass is 334 g/mol.